The normalized spacial score (nSPS) is 24.5. The standard InChI is InChI=1S/C17H32O2/c1-11(2)14-7-9-15(10-8-14)17(18)19-16(12(3)4)13(5)6/h11-16H,7-10H2,1-6H3. The number of hydrogen-bond donors (Lipinski definition) is 0. The first-order chi connectivity index (χ1) is 8.82. The fourth-order valence-corrected chi connectivity index (χ4v) is 3.29. The van der Waals surface area contributed by atoms with Gasteiger partial charge in [0.1, 0.15) is 6.10 Å². The zero-order valence-electron chi connectivity index (χ0n) is 13.6. The van der Waals surface area contributed by atoms with Crippen molar-refractivity contribution in [3.63, 3.8) is 0 Å². The third-order valence-corrected chi connectivity index (χ3v) is 4.61. The Morgan fingerprint density at radius 3 is 1.74 bits per heavy atom. The molecule has 2 heteroatoms. The van der Waals surface area contributed by atoms with E-state index in [0.29, 0.717) is 11.8 Å². The zero-order valence-corrected chi connectivity index (χ0v) is 13.6. The van der Waals surface area contributed by atoms with Crippen molar-refractivity contribution in [1.29, 1.82) is 0 Å². The fourth-order valence-electron chi connectivity index (χ4n) is 3.29. The molecule has 1 rings (SSSR count). The number of hydrogen-bond acceptors (Lipinski definition) is 2. The second-order valence-electron chi connectivity index (χ2n) is 7.25. The van der Waals surface area contributed by atoms with Gasteiger partial charge in [0, 0.05) is 0 Å². The molecule has 0 radical (unpaired) electrons. The molecule has 0 saturated heterocycles. The first kappa shape index (κ1) is 16.5. The van der Waals surface area contributed by atoms with E-state index in [0.717, 1.165) is 24.7 Å². The lowest BCUT2D eigenvalue weighted by Gasteiger charge is -2.32. The van der Waals surface area contributed by atoms with E-state index in [1.807, 2.05) is 0 Å². The summed E-state index contributed by atoms with van der Waals surface area (Å²) in [7, 11) is 0. The summed E-state index contributed by atoms with van der Waals surface area (Å²) in [5, 5.41) is 0. The minimum Gasteiger partial charge on any atom is -0.462 e. The van der Waals surface area contributed by atoms with Crippen LogP contribution in [0, 0.1) is 29.6 Å². The Labute approximate surface area is 119 Å². The van der Waals surface area contributed by atoms with Crippen molar-refractivity contribution < 1.29 is 9.53 Å². The van der Waals surface area contributed by atoms with Crippen LogP contribution in [-0.4, -0.2) is 12.1 Å². The molecule has 0 spiro atoms. The predicted octanol–water partition coefficient (Wildman–Crippen LogP) is 4.67. The molecule has 0 bridgehead atoms. The van der Waals surface area contributed by atoms with Gasteiger partial charge < -0.3 is 4.74 Å². The van der Waals surface area contributed by atoms with Crippen LogP contribution in [0.1, 0.15) is 67.2 Å². The first-order valence-corrected chi connectivity index (χ1v) is 8.03. The minimum absolute atomic E-state index is 0.0506. The van der Waals surface area contributed by atoms with Crippen LogP contribution in [0.2, 0.25) is 0 Å². The van der Waals surface area contributed by atoms with Gasteiger partial charge in [-0.3, -0.25) is 4.79 Å². The summed E-state index contributed by atoms with van der Waals surface area (Å²) in [4.78, 5) is 12.3. The lowest BCUT2D eigenvalue weighted by molar-refractivity contribution is -0.160. The van der Waals surface area contributed by atoms with E-state index in [1.165, 1.54) is 12.8 Å². The summed E-state index contributed by atoms with van der Waals surface area (Å²) in [6.07, 6.45) is 4.47. The lowest BCUT2D eigenvalue weighted by atomic mass is 9.77. The maximum atomic E-state index is 12.3. The van der Waals surface area contributed by atoms with Gasteiger partial charge in [0.15, 0.2) is 0 Å². The second kappa shape index (κ2) is 7.31. The summed E-state index contributed by atoms with van der Waals surface area (Å²) in [6, 6.07) is 0. The zero-order chi connectivity index (χ0) is 14.6. The van der Waals surface area contributed by atoms with Crippen molar-refractivity contribution in [3.05, 3.63) is 0 Å². The van der Waals surface area contributed by atoms with Gasteiger partial charge in [0.05, 0.1) is 5.92 Å². The molecule has 0 atom stereocenters. The van der Waals surface area contributed by atoms with Crippen LogP contribution in [0.25, 0.3) is 0 Å². The van der Waals surface area contributed by atoms with E-state index in [9.17, 15) is 4.79 Å². The molecule has 0 unspecified atom stereocenters. The van der Waals surface area contributed by atoms with E-state index in [-0.39, 0.29) is 18.0 Å². The van der Waals surface area contributed by atoms with Crippen LogP contribution in [-0.2, 0) is 9.53 Å². The van der Waals surface area contributed by atoms with Crippen molar-refractivity contribution in [3.8, 4) is 0 Å². The number of ether oxygens (including phenoxy) is 1. The summed E-state index contributed by atoms with van der Waals surface area (Å²) in [5.41, 5.74) is 0. The van der Waals surface area contributed by atoms with Gasteiger partial charge in [-0.2, -0.15) is 0 Å². The molecule has 0 aromatic heterocycles. The Kier molecular flexibility index (Phi) is 6.35. The Balaban J connectivity index is 2.47. The predicted molar refractivity (Wildman–Crippen MR) is 79.8 cm³/mol. The Morgan fingerprint density at radius 2 is 1.37 bits per heavy atom. The van der Waals surface area contributed by atoms with Gasteiger partial charge in [0.25, 0.3) is 0 Å². The molecule has 19 heavy (non-hydrogen) atoms. The molecule has 1 aliphatic carbocycles. The largest absolute Gasteiger partial charge is 0.462 e. The number of carbonyl (C=O) groups excluding carboxylic acids is 1. The third kappa shape index (κ3) is 4.81. The molecule has 0 N–H and O–H groups in total. The van der Waals surface area contributed by atoms with Crippen molar-refractivity contribution in [2.24, 2.45) is 29.6 Å². The van der Waals surface area contributed by atoms with Crippen molar-refractivity contribution >= 4 is 5.97 Å². The van der Waals surface area contributed by atoms with Crippen molar-refractivity contribution in [2.75, 3.05) is 0 Å². The average Bonchev–Trinajstić information content (AvgIpc) is 2.34. The average molecular weight is 268 g/mol. The van der Waals surface area contributed by atoms with E-state index in [4.69, 9.17) is 4.74 Å². The maximum Gasteiger partial charge on any atom is 0.309 e. The molecule has 0 aromatic carbocycles. The molecule has 0 aliphatic heterocycles. The molecule has 1 fully saturated rings. The minimum atomic E-state index is 0.0506. The number of esters is 1. The van der Waals surface area contributed by atoms with Gasteiger partial charge in [-0.15, -0.1) is 0 Å². The molecule has 0 aromatic rings. The first-order valence-electron chi connectivity index (χ1n) is 8.03. The molecule has 2 nitrogen and oxygen atoms in total. The fraction of sp³-hybridized carbons (Fsp3) is 0.941. The third-order valence-electron chi connectivity index (χ3n) is 4.61. The Morgan fingerprint density at radius 1 is 0.895 bits per heavy atom. The van der Waals surface area contributed by atoms with E-state index < -0.39 is 0 Å². The monoisotopic (exact) mass is 268 g/mol. The molecular formula is C17H32O2. The van der Waals surface area contributed by atoms with Gasteiger partial charge in [-0.25, -0.2) is 0 Å². The summed E-state index contributed by atoms with van der Waals surface area (Å²) in [5.74, 6) is 2.54. The quantitative estimate of drug-likeness (QED) is 0.677. The van der Waals surface area contributed by atoms with Crippen LogP contribution in [0.4, 0.5) is 0 Å². The highest BCUT2D eigenvalue weighted by atomic mass is 16.5. The maximum absolute atomic E-state index is 12.3. The molecule has 0 heterocycles. The smallest absolute Gasteiger partial charge is 0.309 e. The van der Waals surface area contributed by atoms with Crippen LogP contribution in [0.5, 0.6) is 0 Å². The highest BCUT2D eigenvalue weighted by molar-refractivity contribution is 5.72. The molecule has 112 valence electrons. The number of carbonyl (C=O) groups is 1. The summed E-state index contributed by atoms with van der Waals surface area (Å²) in [6.45, 7) is 13.1. The van der Waals surface area contributed by atoms with Crippen LogP contribution < -0.4 is 0 Å². The highest BCUT2D eigenvalue weighted by Gasteiger charge is 2.31. The highest BCUT2D eigenvalue weighted by Crippen LogP contribution is 2.34. The Bertz CT molecular complexity index is 265. The molecule has 1 aliphatic rings. The van der Waals surface area contributed by atoms with E-state index in [1.54, 1.807) is 0 Å². The van der Waals surface area contributed by atoms with Gasteiger partial charge >= 0.3 is 5.97 Å². The van der Waals surface area contributed by atoms with Crippen LogP contribution in [0.3, 0.4) is 0 Å². The van der Waals surface area contributed by atoms with Gasteiger partial charge in [0.2, 0.25) is 0 Å². The van der Waals surface area contributed by atoms with Crippen LogP contribution >= 0.6 is 0 Å². The van der Waals surface area contributed by atoms with Gasteiger partial charge in [-0.05, 0) is 49.4 Å². The molecular weight excluding hydrogens is 236 g/mol. The van der Waals surface area contributed by atoms with Gasteiger partial charge in [-0.1, -0.05) is 41.5 Å². The SMILES string of the molecule is CC(C)C1CCC(C(=O)OC(C(C)C)C(C)C)CC1. The Hall–Kier alpha value is -0.530. The van der Waals surface area contributed by atoms with Crippen LogP contribution in [0.15, 0.2) is 0 Å². The topological polar surface area (TPSA) is 26.3 Å². The van der Waals surface area contributed by atoms with Crippen molar-refractivity contribution in [2.45, 2.75) is 73.3 Å². The second-order valence-corrected chi connectivity index (χ2v) is 7.25. The lowest BCUT2D eigenvalue weighted by Crippen LogP contribution is -2.33. The summed E-state index contributed by atoms with van der Waals surface area (Å²) >= 11 is 0. The van der Waals surface area contributed by atoms with Crippen molar-refractivity contribution in [1.82, 2.24) is 0 Å². The molecule has 0 amide bonds. The molecule has 1 saturated carbocycles. The number of rotatable bonds is 5. The van der Waals surface area contributed by atoms with E-state index in [2.05, 4.69) is 41.5 Å². The summed E-state index contributed by atoms with van der Waals surface area (Å²) < 4.78 is 5.77. The van der Waals surface area contributed by atoms with E-state index >= 15 is 0 Å².